The zero-order valence-corrected chi connectivity index (χ0v) is 9.73. The van der Waals surface area contributed by atoms with E-state index >= 15 is 0 Å². The highest BCUT2D eigenvalue weighted by Crippen LogP contribution is 2.41. The van der Waals surface area contributed by atoms with Crippen molar-refractivity contribution in [2.24, 2.45) is 0 Å². The Morgan fingerprint density at radius 1 is 1.47 bits per heavy atom. The number of hydrogen-bond donors (Lipinski definition) is 1. The molecule has 1 unspecified atom stereocenters. The number of halogens is 2. The molecule has 0 amide bonds. The van der Waals surface area contributed by atoms with Crippen LogP contribution in [0.3, 0.4) is 0 Å². The van der Waals surface area contributed by atoms with Gasteiger partial charge in [0.25, 0.3) is 0 Å². The SMILES string of the molecule is OC=C1C(=S)Oc2ccc(Cl)cc2C1Cl. The summed E-state index contributed by atoms with van der Waals surface area (Å²) < 4.78 is 5.32. The topological polar surface area (TPSA) is 29.5 Å². The Morgan fingerprint density at radius 3 is 2.87 bits per heavy atom. The van der Waals surface area contributed by atoms with E-state index in [4.69, 9.17) is 45.3 Å². The Bertz CT molecular complexity index is 457. The Morgan fingerprint density at radius 2 is 2.20 bits per heavy atom. The Labute approximate surface area is 102 Å². The van der Waals surface area contributed by atoms with Gasteiger partial charge in [0.1, 0.15) is 5.75 Å². The maximum Gasteiger partial charge on any atom is 0.198 e. The van der Waals surface area contributed by atoms with Crippen molar-refractivity contribution in [2.75, 3.05) is 0 Å². The monoisotopic (exact) mass is 260 g/mol. The van der Waals surface area contributed by atoms with Crippen LogP contribution in [0, 0.1) is 0 Å². The van der Waals surface area contributed by atoms with E-state index in [1.54, 1.807) is 18.2 Å². The molecule has 2 rings (SSSR count). The molecule has 0 aliphatic carbocycles. The summed E-state index contributed by atoms with van der Waals surface area (Å²) >= 11 is 16.9. The van der Waals surface area contributed by atoms with E-state index in [2.05, 4.69) is 0 Å². The van der Waals surface area contributed by atoms with E-state index in [-0.39, 0.29) is 5.05 Å². The third-order valence-corrected chi connectivity index (χ3v) is 3.12. The van der Waals surface area contributed by atoms with Crippen LogP contribution in [0.4, 0.5) is 0 Å². The molecule has 1 aromatic rings. The highest BCUT2D eigenvalue weighted by atomic mass is 35.5. The molecule has 1 aliphatic rings. The van der Waals surface area contributed by atoms with Gasteiger partial charge in [-0.2, -0.15) is 0 Å². The zero-order valence-electron chi connectivity index (χ0n) is 7.41. The van der Waals surface area contributed by atoms with Crippen LogP contribution in [-0.4, -0.2) is 10.2 Å². The first kappa shape index (κ1) is 10.7. The van der Waals surface area contributed by atoms with Crippen LogP contribution in [0.1, 0.15) is 10.9 Å². The highest BCUT2D eigenvalue weighted by Gasteiger charge is 2.28. The van der Waals surface area contributed by atoms with Gasteiger partial charge < -0.3 is 9.84 Å². The predicted octanol–water partition coefficient (Wildman–Crippen LogP) is 3.78. The number of benzene rings is 1. The minimum atomic E-state index is -0.523. The molecule has 0 saturated heterocycles. The molecule has 1 N–H and O–H groups in total. The van der Waals surface area contributed by atoms with Crippen LogP contribution in [-0.2, 0) is 0 Å². The van der Waals surface area contributed by atoms with Crippen LogP contribution in [0.15, 0.2) is 30.0 Å². The third-order valence-electron chi connectivity index (χ3n) is 2.10. The van der Waals surface area contributed by atoms with Crippen molar-refractivity contribution in [1.82, 2.24) is 0 Å². The normalized spacial score (nSPS) is 22.4. The molecule has 0 bridgehead atoms. The molecule has 0 saturated carbocycles. The fourth-order valence-corrected chi connectivity index (χ4v) is 2.19. The van der Waals surface area contributed by atoms with Crippen molar-refractivity contribution in [1.29, 1.82) is 0 Å². The first-order valence-electron chi connectivity index (χ1n) is 4.13. The smallest absolute Gasteiger partial charge is 0.198 e. The first-order valence-corrected chi connectivity index (χ1v) is 5.35. The fraction of sp³-hybridized carbons (Fsp3) is 0.100. The third kappa shape index (κ3) is 1.83. The van der Waals surface area contributed by atoms with Gasteiger partial charge in [-0.25, -0.2) is 0 Å². The standard InChI is InChI=1S/C10H6Cl2O2S/c11-5-1-2-8-6(3-5)9(12)7(4-13)10(15)14-8/h1-4,9,13H. The van der Waals surface area contributed by atoms with Crippen molar-refractivity contribution >= 4 is 40.5 Å². The van der Waals surface area contributed by atoms with Gasteiger partial charge in [-0.15, -0.1) is 11.6 Å². The van der Waals surface area contributed by atoms with Gasteiger partial charge in [0, 0.05) is 10.6 Å². The Hall–Kier alpha value is -0.770. The van der Waals surface area contributed by atoms with Crippen LogP contribution in [0.25, 0.3) is 0 Å². The summed E-state index contributed by atoms with van der Waals surface area (Å²) in [5.74, 6) is 0.579. The lowest BCUT2D eigenvalue weighted by atomic mass is 10.0. The van der Waals surface area contributed by atoms with Crippen molar-refractivity contribution in [3.63, 3.8) is 0 Å². The fourth-order valence-electron chi connectivity index (χ4n) is 1.36. The molecule has 1 aromatic carbocycles. The van der Waals surface area contributed by atoms with E-state index in [0.717, 1.165) is 6.26 Å². The molecular weight excluding hydrogens is 255 g/mol. The summed E-state index contributed by atoms with van der Waals surface area (Å²) in [5, 5.41) is 9.21. The molecule has 0 fully saturated rings. The quantitative estimate of drug-likeness (QED) is 0.333. The second-order valence-electron chi connectivity index (χ2n) is 3.02. The first-order chi connectivity index (χ1) is 7.13. The molecule has 0 spiro atoms. The highest BCUT2D eigenvalue weighted by molar-refractivity contribution is 7.80. The summed E-state index contributed by atoms with van der Waals surface area (Å²) in [7, 11) is 0. The van der Waals surface area contributed by atoms with Gasteiger partial charge in [-0.1, -0.05) is 11.6 Å². The molecule has 1 atom stereocenters. The lowest BCUT2D eigenvalue weighted by Gasteiger charge is -2.23. The Balaban J connectivity index is 2.56. The number of thiocarbonyl (C=S) groups is 1. The van der Waals surface area contributed by atoms with E-state index in [1.165, 1.54) is 0 Å². The molecule has 0 radical (unpaired) electrons. The van der Waals surface area contributed by atoms with Crippen molar-refractivity contribution in [3.05, 3.63) is 40.6 Å². The molecule has 5 heteroatoms. The maximum atomic E-state index is 8.98. The Kier molecular flexibility index (Phi) is 2.87. The number of hydrogen-bond acceptors (Lipinski definition) is 3. The molecule has 0 aromatic heterocycles. The number of aliphatic hydroxyl groups is 1. The summed E-state index contributed by atoms with van der Waals surface area (Å²) in [5.41, 5.74) is 1.08. The van der Waals surface area contributed by atoms with Gasteiger partial charge in [-0.3, -0.25) is 0 Å². The molecule has 2 nitrogen and oxygen atoms in total. The van der Waals surface area contributed by atoms with Gasteiger partial charge in [0.15, 0.2) is 5.05 Å². The number of fused-ring (bicyclic) bond motifs is 1. The van der Waals surface area contributed by atoms with Crippen LogP contribution >= 0.6 is 35.4 Å². The van der Waals surface area contributed by atoms with Crippen LogP contribution < -0.4 is 4.74 Å². The van der Waals surface area contributed by atoms with Gasteiger partial charge in [0.05, 0.1) is 17.2 Å². The van der Waals surface area contributed by atoms with E-state index < -0.39 is 5.38 Å². The van der Waals surface area contributed by atoms with E-state index in [0.29, 0.717) is 21.9 Å². The van der Waals surface area contributed by atoms with Gasteiger partial charge in [-0.05, 0) is 30.4 Å². The van der Waals surface area contributed by atoms with Crippen LogP contribution in [0.2, 0.25) is 5.02 Å². The summed E-state index contributed by atoms with van der Waals surface area (Å²) in [6.07, 6.45) is 0.865. The van der Waals surface area contributed by atoms with Crippen molar-refractivity contribution in [3.8, 4) is 5.75 Å². The summed E-state index contributed by atoms with van der Waals surface area (Å²) in [6.45, 7) is 0. The zero-order chi connectivity index (χ0) is 11.0. The molecule has 1 aliphatic heterocycles. The number of rotatable bonds is 0. The molecule has 78 valence electrons. The minimum Gasteiger partial charge on any atom is -0.515 e. The van der Waals surface area contributed by atoms with Gasteiger partial charge in [0.2, 0.25) is 0 Å². The number of alkyl halides is 1. The summed E-state index contributed by atoms with van der Waals surface area (Å²) in [4.78, 5) is 0. The van der Waals surface area contributed by atoms with Crippen molar-refractivity contribution in [2.45, 2.75) is 5.38 Å². The lowest BCUT2D eigenvalue weighted by Crippen LogP contribution is -2.19. The summed E-state index contributed by atoms with van der Waals surface area (Å²) in [6, 6.07) is 5.09. The van der Waals surface area contributed by atoms with Gasteiger partial charge >= 0.3 is 0 Å². The average molecular weight is 261 g/mol. The average Bonchev–Trinajstić information content (AvgIpc) is 2.20. The molecule has 1 heterocycles. The van der Waals surface area contributed by atoms with E-state index in [9.17, 15) is 0 Å². The van der Waals surface area contributed by atoms with E-state index in [1.807, 2.05) is 0 Å². The number of aliphatic hydroxyl groups excluding tert-OH is 1. The minimum absolute atomic E-state index is 0.187. The van der Waals surface area contributed by atoms with Crippen LogP contribution in [0.5, 0.6) is 5.75 Å². The van der Waals surface area contributed by atoms with Crippen molar-refractivity contribution < 1.29 is 9.84 Å². The predicted molar refractivity (Wildman–Crippen MR) is 64.0 cm³/mol. The maximum absolute atomic E-state index is 8.98. The molecular formula is C10H6Cl2O2S. The second-order valence-corrected chi connectivity index (χ2v) is 4.26. The lowest BCUT2D eigenvalue weighted by molar-refractivity contribution is 0.460. The number of ether oxygens (including phenoxy) is 1. The molecule has 15 heavy (non-hydrogen) atoms. The largest absolute Gasteiger partial charge is 0.515 e. The second kappa shape index (κ2) is 4.00.